The maximum absolute atomic E-state index is 13.3. The SMILES string of the molecule is Fc1c(F)c(F)[n+](-c2ccccc2)c(F)c1F. The molecule has 0 saturated heterocycles. The Kier molecular flexibility index (Phi) is 2.79. The van der Waals surface area contributed by atoms with Crippen LogP contribution in [0.1, 0.15) is 0 Å². The molecular formula is C11H5F5N+. The molecule has 17 heavy (non-hydrogen) atoms. The highest BCUT2D eigenvalue weighted by Crippen LogP contribution is 2.15. The first-order valence-electron chi connectivity index (χ1n) is 4.53. The summed E-state index contributed by atoms with van der Waals surface area (Å²) in [5.74, 6) is -9.95. The maximum atomic E-state index is 13.3. The van der Waals surface area contributed by atoms with E-state index in [1.807, 2.05) is 0 Å². The molecule has 0 radical (unpaired) electrons. The van der Waals surface area contributed by atoms with Crippen molar-refractivity contribution in [3.63, 3.8) is 0 Å². The molecule has 0 aliphatic rings. The molecule has 6 heteroatoms. The Morgan fingerprint density at radius 3 is 1.59 bits per heavy atom. The molecule has 0 N–H and O–H groups in total. The average Bonchev–Trinajstić information content (AvgIpc) is 2.36. The molecule has 2 aromatic rings. The molecule has 88 valence electrons. The maximum Gasteiger partial charge on any atom is 0.407 e. The zero-order valence-electron chi connectivity index (χ0n) is 8.22. The molecule has 0 saturated carbocycles. The second kappa shape index (κ2) is 4.12. The van der Waals surface area contributed by atoms with Gasteiger partial charge < -0.3 is 0 Å². The molecule has 1 aromatic carbocycles. The van der Waals surface area contributed by atoms with Crippen LogP contribution < -0.4 is 4.57 Å². The van der Waals surface area contributed by atoms with Crippen LogP contribution in [0, 0.1) is 29.3 Å². The number of hydrogen-bond donors (Lipinski definition) is 0. The molecule has 0 fully saturated rings. The Hall–Kier alpha value is -1.98. The van der Waals surface area contributed by atoms with Crippen LogP contribution in [0.4, 0.5) is 22.0 Å². The topological polar surface area (TPSA) is 3.88 Å². The van der Waals surface area contributed by atoms with E-state index in [-0.39, 0.29) is 10.3 Å². The first kappa shape index (κ1) is 11.5. The number of halogens is 5. The number of para-hydroxylation sites is 1. The van der Waals surface area contributed by atoms with Gasteiger partial charge in [-0.2, -0.15) is 13.2 Å². The number of pyridine rings is 1. The fraction of sp³-hybridized carbons (Fsp3) is 0. The van der Waals surface area contributed by atoms with Gasteiger partial charge in [0.25, 0.3) is 11.6 Å². The van der Waals surface area contributed by atoms with E-state index in [9.17, 15) is 22.0 Å². The summed E-state index contributed by atoms with van der Waals surface area (Å²) in [5.41, 5.74) is -0.152. The Morgan fingerprint density at radius 1 is 0.647 bits per heavy atom. The lowest BCUT2D eigenvalue weighted by molar-refractivity contribution is -0.662. The summed E-state index contributed by atoms with van der Waals surface area (Å²) in [5, 5.41) is 0. The fourth-order valence-electron chi connectivity index (χ4n) is 1.36. The van der Waals surface area contributed by atoms with E-state index in [2.05, 4.69) is 0 Å². The molecule has 1 heterocycles. The van der Waals surface area contributed by atoms with E-state index in [0.717, 1.165) is 0 Å². The summed E-state index contributed by atoms with van der Waals surface area (Å²) in [4.78, 5) is 0. The smallest absolute Gasteiger partial charge is 0.200 e. The molecule has 0 spiro atoms. The molecule has 1 nitrogen and oxygen atoms in total. The minimum atomic E-state index is -2.17. The van der Waals surface area contributed by atoms with Crippen LogP contribution in [0.3, 0.4) is 0 Å². The van der Waals surface area contributed by atoms with Crippen molar-refractivity contribution in [1.82, 2.24) is 0 Å². The zero-order chi connectivity index (χ0) is 12.6. The molecule has 0 atom stereocenters. The first-order valence-corrected chi connectivity index (χ1v) is 4.53. The van der Waals surface area contributed by atoms with Gasteiger partial charge in [0.15, 0.2) is 0 Å². The van der Waals surface area contributed by atoms with Crippen molar-refractivity contribution in [3.8, 4) is 5.69 Å². The summed E-state index contributed by atoms with van der Waals surface area (Å²) in [7, 11) is 0. The van der Waals surface area contributed by atoms with Crippen LogP contribution in [0.2, 0.25) is 0 Å². The fourth-order valence-corrected chi connectivity index (χ4v) is 1.36. The standard InChI is InChI=1S/C11H5F5N/c12-7-8(13)10(15)17(11(16)9(7)14)6-4-2-1-3-5-6/h1-5H/q+1. The monoisotopic (exact) mass is 246 g/mol. The zero-order valence-corrected chi connectivity index (χ0v) is 8.22. The van der Waals surface area contributed by atoms with E-state index in [1.54, 1.807) is 6.07 Å². The van der Waals surface area contributed by atoms with Crippen LogP contribution in [0.15, 0.2) is 30.3 Å². The number of nitrogens with zero attached hydrogens (tertiary/aromatic N) is 1. The van der Waals surface area contributed by atoms with Crippen molar-refractivity contribution in [2.45, 2.75) is 0 Å². The van der Waals surface area contributed by atoms with Gasteiger partial charge in [-0.15, -0.1) is 8.78 Å². The van der Waals surface area contributed by atoms with E-state index < -0.39 is 29.3 Å². The number of aromatic nitrogens is 1. The van der Waals surface area contributed by atoms with E-state index in [1.165, 1.54) is 24.3 Å². The highest BCUT2D eigenvalue weighted by Gasteiger charge is 2.34. The lowest BCUT2D eigenvalue weighted by Crippen LogP contribution is -2.42. The Labute approximate surface area is 92.7 Å². The number of hydrogen-bond acceptors (Lipinski definition) is 0. The predicted molar refractivity (Wildman–Crippen MR) is 47.8 cm³/mol. The second-order valence-corrected chi connectivity index (χ2v) is 3.19. The van der Waals surface area contributed by atoms with Gasteiger partial charge in [-0.25, -0.2) is 0 Å². The first-order chi connectivity index (χ1) is 8.04. The largest absolute Gasteiger partial charge is 0.407 e. The Morgan fingerprint density at radius 2 is 1.12 bits per heavy atom. The normalized spacial score (nSPS) is 10.6. The highest BCUT2D eigenvalue weighted by molar-refractivity contribution is 5.22. The van der Waals surface area contributed by atoms with Gasteiger partial charge >= 0.3 is 11.9 Å². The Balaban J connectivity index is 2.80. The van der Waals surface area contributed by atoms with E-state index >= 15 is 0 Å². The van der Waals surface area contributed by atoms with Gasteiger partial charge in [0.1, 0.15) is 0 Å². The third-order valence-electron chi connectivity index (χ3n) is 2.15. The molecule has 0 unspecified atom stereocenters. The number of rotatable bonds is 1. The molecular weight excluding hydrogens is 241 g/mol. The minimum absolute atomic E-state index is 0.0216. The molecule has 0 bridgehead atoms. The van der Waals surface area contributed by atoms with Gasteiger partial charge in [-0.3, -0.25) is 0 Å². The van der Waals surface area contributed by atoms with Crippen LogP contribution in [-0.2, 0) is 0 Å². The summed E-state index contributed by atoms with van der Waals surface area (Å²) >= 11 is 0. The molecule has 2 rings (SSSR count). The summed E-state index contributed by atoms with van der Waals surface area (Å²) < 4.78 is 65.3. The van der Waals surface area contributed by atoms with Crippen LogP contribution >= 0.6 is 0 Å². The average molecular weight is 246 g/mol. The summed E-state index contributed by atoms with van der Waals surface area (Å²) in [6.07, 6.45) is 0. The van der Waals surface area contributed by atoms with Crippen LogP contribution in [0.5, 0.6) is 0 Å². The summed E-state index contributed by atoms with van der Waals surface area (Å²) in [6.45, 7) is 0. The van der Waals surface area contributed by atoms with Gasteiger partial charge in [-0.05, 0) is 0 Å². The Bertz CT molecular complexity index is 539. The third-order valence-corrected chi connectivity index (χ3v) is 2.15. The lowest BCUT2D eigenvalue weighted by Gasteiger charge is -2.00. The van der Waals surface area contributed by atoms with Gasteiger partial charge in [0.05, 0.1) is 0 Å². The van der Waals surface area contributed by atoms with Gasteiger partial charge in [0.2, 0.25) is 11.5 Å². The second-order valence-electron chi connectivity index (χ2n) is 3.19. The van der Waals surface area contributed by atoms with Crippen molar-refractivity contribution in [2.75, 3.05) is 0 Å². The van der Waals surface area contributed by atoms with E-state index in [4.69, 9.17) is 0 Å². The minimum Gasteiger partial charge on any atom is -0.200 e. The number of benzene rings is 1. The molecule has 0 amide bonds. The van der Waals surface area contributed by atoms with Crippen molar-refractivity contribution in [1.29, 1.82) is 0 Å². The van der Waals surface area contributed by atoms with Crippen LogP contribution in [-0.4, -0.2) is 0 Å². The van der Waals surface area contributed by atoms with Crippen molar-refractivity contribution in [2.24, 2.45) is 0 Å². The van der Waals surface area contributed by atoms with Crippen LogP contribution in [0.25, 0.3) is 5.69 Å². The molecule has 1 aromatic heterocycles. The van der Waals surface area contributed by atoms with Crippen molar-refractivity contribution in [3.05, 3.63) is 59.7 Å². The third kappa shape index (κ3) is 1.75. The van der Waals surface area contributed by atoms with Gasteiger partial charge in [-0.1, -0.05) is 22.8 Å². The van der Waals surface area contributed by atoms with Crippen molar-refractivity contribution >= 4 is 0 Å². The quantitative estimate of drug-likeness (QED) is 0.414. The molecule has 0 aliphatic heterocycles. The van der Waals surface area contributed by atoms with Gasteiger partial charge in [0, 0.05) is 12.1 Å². The van der Waals surface area contributed by atoms with Crippen molar-refractivity contribution < 1.29 is 26.5 Å². The predicted octanol–water partition coefficient (Wildman–Crippen LogP) is 2.66. The highest BCUT2D eigenvalue weighted by atomic mass is 19.2. The lowest BCUT2D eigenvalue weighted by atomic mass is 10.3. The molecule has 0 aliphatic carbocycles. The van der Waals surface area contributed by atoms with E-state index in [0.29, 0.717) is 0 Å². The summed E-state index contributed by atoms with van der Waals surface area (Å²) in [6, 6.07) is 6.84.